The summed E-state index contributed by atoms with van der Waals surface area (Å²) in [6.07, 6.45) is -0.133. The number of sulfone groups is 1. The van der Waals surface area contributed by atoms with Crippen molar-refractivity contribution >= 4 is 32.5 Å². The van der Waals surface area contributed by atoms with Gasteiger partial charge >= 0.3 is 0 Å². The van der Waals surface area contributed by atoms with E-state index >= 15 is 0 Å². The number of para-hydroxylation sites is 3. The minimum absolute atomic E-state index is 0.133. The zero-order chi connectivity index (χ0) is 20.3. The predicted molar refractivity (Wildman–Crippen MR) is 113 cm³/mol. The summed E-state index contributed by atoms with van der Waals surface area (Å²) in [5.41, 5.74) is 3.05. The Bertz CT molecular complexity index is 1230. The minimum atomic E-state index is -3.51. The Balaban J connectivity index is 1.51. The van der Waals surface area contributed by atoms with E-state index in [0.717, 1.165) is 16.6 Å². The second-order valence-electron chi connectivity index (χ2n) is 6.58. The molecule has 1 heterocycles. The third kappa shape index (κ3) is 4.20. The molecule has 0 aliphatic rings. The maximum Gasteiger partial charge on any atom is 0.225 e. The van der Waals surface area contributed by atoms with Crippen LogP contribution in [0.15, 0.2) is 83.8 Å². The van der Waals surface area contributed by atoms with Crippen LogP contribution in [0.1, 0.15) is 6.42 Å². The van der Waals surface area contributed by atoms with Crippen molar-refractivity contribution in [3.8, 4) is 11.4 Å². The lowest BCUT2D eigenvalue weighted by Crippen LogP contribution is -2.17. The first-order valence-corrected chi connectivity index (χ1v) is 10.8. The number of hydrogen-bond donors (Lipinski definition) is 2. The van der Waals surface area contributed by atoms with E-state index in [0.29, 0.717) is 11.5 Å². The van der Waals surface area contributed by atoms with Crippen LogP contribution < -0.4 is 5.32 Å². The number of carbonyl (C=O) groups excluding carboxylic acids is 1. The number of fused-ring (bicyclic) bond motifs is 1. The summed E-state index contributed by atoms with van der Waals surface area (Å²) in [6, 6.07) is 23.1. The number of amides is 1. The van der Waals surface area contributed by atoms with Gasteiger partial charge in [-0.05, 0) is 36.4 Å². The predicted octanol–water partition coefficient (Wildman–Crippen LogP) is 4.03. The topological polar surface area (TPSA) is 91.9 Å². The minimum Gasteiger partial charge on any atom is -0.338 e. The number of nitrogens with zero attached hydrogens (tertiary/aromatic N) is 1. The third-order valence-electron chi connectivity index (χ3n) is 4.55. The Morgan fingerprint density at radius 1 is 0.897 bits per heavy atom. The summed E-state index contributed by atoms with van der Waals surface area (Å²) in [7, 11) is -3.51. The van der Waals surface area contributed by atoms with Crippen molar-refractivity contribution in [1.82, 2.24) is 9.97 Å². The molecule has 0 saturated carbocycles. The van der Waals surface area contributed by atoms with Crippen LogP contribution in [0.25, 0.3) is 22.4 Å². The molecule has 4 rings (SSSR count). The van der Waals surface area contributed by atoms with E-state index in [-0.39, 0.29) is 23.0 Å². The first kappa shape index (κ1) is 18.9. The van der Waals surface area contributed by atoms with Crippen LogP contribution in [0.4, 0.5) is 5.69 Å². The van der Waals surface area contributed by atoms with Gasteiger partial charge in [0.25, 0.3) is 0 Å². The van der Waals surface area contributed by atoms with Gasteiger partial charge in [-0.25, -0.2) is 13.4 Å². The number of imidazole rings is 1. The summed E-state index contributed by atoms with van der Waals surface area (Å²) in [6.45, 7) is 0. The van der Waals surface area contributed by atoms with Crippen molar-refractivity contribution in [2.75, 3.05) is 11.1 Å². The van der Waals surface area contributed by atoms with Gasteiger partial charge in [0.05, 0.1) is 27.4 Å². The van der Waals surface area contributed by atoms with Gasteiger partial charge < -0.3 is 10.3 Å². The van der Waals surface area contributed by atoms with E-state index in [2.05, 4.69) is 15.3 Å². The fraction of sp³-hybridized carbons (Fsp3) is 0.0909. The van der Waals surface area contributed by atoms with Gasteiger partial charge in [0.2, 0.25) is 5.91 Å². The smallest absolute Gasteiger partial charge is 0.225 e. The summed E-state index contributed by atoms with van der Waals surface area (Å²) >= 11 is 0. The van der Waals surface area contributed by atoms with Crippen molar-refractivity contribution in [1.29, 1.82) is 0 Å². The first-order chi connectivity index (χ1) is 14.0. The molecule has 1 amide bonds. The Morgan fingerprint density at radius 2 is 1.59 bits per heavy atom. The normalized spacial score (nSPS) is 11.4. The van der Waals surface area contributed by atoms with Crippen LogP contribution >= 0.6 is 0 Å². The van der Waals surface area contributed by atoms with Crippen LogP contribution in [-0.2, 0) is 14.6 Å². The van der Waals surface area contributed by atoms with Gasteiger partial charge in [-0.2, -0.15) is 0 Å². The van der Waals surface area contributed by atoms with Gasteiger partial charge in [-0.15, -0.1) is 0 Å². The quantitative estimate of drug-likeness (QED) is 0.507. The van der Waals surface area contributed by atoms with E-state index in [9.17, 15) is 13.2 Å². The number of aromatic nitrogens is 2. The van der Waals surface area contributed by atoms with Crippen molar-refractivity contribution in [2.24, 2.45) is 0 Å². The summed E-state index contributed by atoms with van der Waals surface area (Å²) in [5.74, 6) is 0.0161. The third-order valence-corrected chi connectivity index (χ3v) is 6.28. The molecule has 4 aromatic rings. The molecule has 0 aliphatic heterocycles. The lowest BCUT2D eigenvalue weighted by atomic mass is 10.1. The summed E-state index contributed by atoms with van der Waals surface area (Å²) in [4.78, 5) is 20.5. The van der Waals surface area contributed by atoms with E-state index in [1.807, 2.05) is 42.5 Å². The number of rotatable bonds is 6. The van der Waals surface area contributed by atoms with Crippen LogP contribution in [0.3, 0.4) is 0 Å². The van der Waals surface area contributed by atoms with Crippen molar-refractivity contribution in [3.05, 3.63) is 78.9 Å². The molecular formula is C22H19N3O3S. The van der Waals surface area contributed by atoms with Crippen LogP contribution in [0, 0.1) is 0 Å². The van der Waals surface area contributed by atoms with E-state index in [1.54, 1.807) is 24.3 Å². The maximum absolute atomic E-state index is 12.4. The van der Waals surface area contributed by atoms with Gasteiger partial charge in [-0.3, -0.25) is 4.79 Å². The zero-order valence-electron chi connectivity index (χ0n) is 15.5. The highest BCUT2D eigenvalue weighted by Crippen LogP contribution is 2.27. The lowest BCUT2D eigenvalue weighted by molar-refractivity contribution is -0.115. The summed E-state index contributed by atoms with van der Waals surface area (Å²) in [5, 5.41) is 2.81. The number of anilines is 1. The number of nitrogens with one attached hydrogen (secondary N) is 2. The molecule has 0 spiro atoms. The Labute approximate surface area is 168 Å². The number of H-pyrrole nitrogens is 1. The molecule has 0 aliphatic carbocycles. The highest BCUT2D eigenvalue weighted by molar-refractivity contribution is 7.91. The molecule has 0 saturated heterocycles. The van der Waals surface area contributed by atoms with E-state index < -0.39 is 9.84 Å². The molecule has 1 aromatic heterocycles. The monoisotopic (exact) mass is 405 g/mol. The molecule has 146 valence electrons. The van der Waals surface area contributed by atoms with Crippen LogP contribution in [-0.4, -0.2) is 30.0 Å². The average Bonchev–Trinajstić information content (AvgIpc) is 3.17. The Hall–Kier alpha value is -3.45. The molecular weight excluding hydrogens is 386 g/mol. The lowest BCUT2D eigenvalue weighted by Gasteiger charge is -2.10. The molecule has 3 aromatic carbocycles. The highest BCUT2D eigenvalue weighted by atomic mass is 32.2. The number of aromatic amines is 1. The molecule has 0 fully saturated rings. The fourth-order valence-electron chi connectivity index (χ4n) is 3.06. The fourth-order valence-corrected chi connectivity index (χ4v) is 4.33. The van der Waals surface area contributed by atoms with Gasteiger partial charge in [-0.1, -0.05) is 42.5 Å². The van der Waals surface area contributed by atoms with Crippen LogP contribution in [0.5, 0.6) is 0 Å². The highest BCUT2D eigenvalue weighted by Gasteiger charge is 2.17. The van der Waals surface area contributed by atoms with Gasteiger partial charge in [0, 0.05) is 12.0 Å². The molecule has 0 radical (unpaired) electrons. The zero-order valence-corrected chi connectivity index (χ0v) is 16.3. The second kappa shape index (κ2) is 7.89. The second-order valence-corrected chi connectivity index (χ2v) is 8.69. The maximum atomic E-state index is 12.4. The van der Waals surface area contributed by atoms with E-state index in [1.165, 1.54) is 12.1 Å². The molecule has 29 heavy (non-hydrogen) atoms. The molecule has 0 atom stereocenters. The van der Waals surface area contributed by atoms with Crippen molar-refractivity contribution in [3.63, 3.8) is 0 Å². The number of hydrogen-bond acceptors (Lipinski definition) is 4. The van der Waals surface area contributed by atoms with Gasteiger partial charge in [0.1, 0.15) is 5.82 Å². The summed E-state index contributed by atoms with van der Waals surface area (Å²) < 4.78 is 24.8. The van der Waals surface area contributed by atoms with Crippen molar-refractivity contribution in [2.45, 2.75) is 11.3 Å². The molecule has 0 unspecified atom stereocenters. The van der Waals surface area contributed by atoms with Crippen molar-refractivity contribution < 1.29 is 13.2 Å². The number of benzene rings is 3. The molecule has 7 heteroatoms. The standard InChI is InChI=1S/C22H19N3O3S/c26-21(14-15-29(27,28)16-8-2-1-3-9-16)23-18-11-5-4-10-17(18)22-24-19-12-6-7-13-20(19)25-22/h1-13H,14-15H2,(H,23,26)(H,24,25). The molecule has 0 bridgehead atoms. The Morgan fingerprint density at radius 3 is 2.38 bits per heavy atom. The first-order valence-electron chi connectivity index (χ1n) is 9.15. The molecule has 2 N–H and O–H groups in total. The SMILES string of the molecule is O=C(CCS(=O)(=O)c1ccccc1)Nc1ccccc1-c1nc2ccccc2[nH]1. The molecule has 6 nitrogen and oxygen atoms in total. The van der Waals surface area contributed by atoms with Gasteiger partial charge in [0.15, 0.2) is 9.84 Å². The average molecular weight is 405 g/mol. The van der Waals surface area contributed by atoms with E-state index in [4.69, 9.17) is 0 Å². The Kier molecular flexibility index (Phi) is 5.14. The largest absolute Gasteiger partial charge is 0.338 e. The van der Waals surface area contributed by atoms with Crippen LogP contribution in [0.2, 0.25) is 0 Å². The number of carbonyl (C=O) groups is 1.